The lowest BCUT2D eigenvalue weighted by atomic mass is 9.84. The molecule has 0 saturated heterocycles. The van der Waals surface area contributed by atoms with E-state index < -0.39 is 0 Å². The van der Waals surface area contributed by atoms with Gasteiger partial charge in [0.2, 0.25) is 5.91 Å². The molecule has 7 nitrogen and oxygen atoms in total. The van der Waals surface area contributed by atoms with Crippen molar-refractivity contribution in [3.63, 3.8) is 0 Å². The van der Waals surface area contributed by atoms with Crippen LogP contribution in [0.15, 0.2) is 36.7 Å². The van der Waals surface area contributed by atoms with Crippen molar-refractivity contribution < 1.29 is 9.59 Å². The Kier molecular flexibility index (Phi) is 7.31. The van der Waals surface area contributed by atoms with Gasteiger partial charge in [-0.25, -0.2) is 0 Å². The van der Waals surface area contributed by atoms with E-state index >= 15 is 0 Å². The Morgan fingerprint density at radius 1 is 1.00 bits per heavy atom. The van der Waals surface area contributed by atoms with Gasteiger partial charge in [-0.15, -0.1) is 0 Å². The number of nitrogens with zero attached hydrogens (tertiary/aromatic N) is 2. The third-order valence-corrected chi connectivity index (χ3v) is 7.79. The van der Waals surface area contributed by atoms with E-state index in [1.54, 1.807) is 12.4 Å². The van der Waals surface area contributed by atoms with Gasteiger partial charge in [0.1, 0.15) is 0 Å². The zero-order chi connectivity index (χ0) is 26.0. The summed E-state index contributed by atoms with van der Waals surface area (Å²) in [6.45, 7) is 6.94. The van der Waals surface area contributed by atoms with Crippen molar-refractivity contribution in [2.45, 2.75) is 84.6 Å². The summed E-state index contributed by atoms with van der Waals surface area (Å²) < 4.78 is 0. The molecule has 3 N–H and O–H groups in total. The number of nitrogens with one attached hydrogen (secondary N) is 3. The molecule has 0 aliphatic heterocycles. The van der Waals surface area contributed by atoms with Gasteiger partial charge in [-0.1, -0.05) is 39.7 Å². The van der Waals surface area contributed by atoms with Crippen molar-refractivity contribution in [3.05, 3.63) is 42.4 Å². The number of carbonyl (C=O) groups is 2. The first-order valence-corrected chi connectivity index (χ1v) is 13.8. The molecule has 2 amide bonds. The zero-order valence-corrected chi connectivity index (χ0v) is 22.3. The minimum atomic E-state index is -0.120. The number of amides is 2. The van der Waals surface area contributed by atoms with Gasteiger partial charge < -0.3 is 10.6 Å². The number of pyridine rings is 1. The molecule has 0 radical (unpaired) electrons. The predicted molar refractivity (Wildman–Crippen MR) is 147 cm³/mol. The lowest BCUT2D eigenvalue weighted by Crippen LogP contribution is -2.34. The summed E-state index contributed by atoms with van der Waals surface area (Å²) in [6, 6.07) is 8.02. The van der Waals surface area contributed by atoms with Gasteiger partial charge in [-0.2, -0.15) is 5.10 Å². The molecule has 2 aliphatic carbocycles. The minimum Gasteiger partial charge on any atom is -0.348 e. The molecule has 1 aromatic carbocycles. The number of aromatic nitrogens is 3. The Labute approximate surface area is 219 Å². The van der Waals surface area contributed by atoms with Crippen molar-refractivity contribution in [2.75, 3.05) is 5.32 Å². The number of aromatic amines is 1. The topological polar surface area (TPSA) is 99.8 Å². The normalized spacial score (nSPS) is 20.4. The smallest absolute Gasteiger partial charge is 0.272 e. The van der Waals surface area contributed by atoms with Crippen LogP contribution in [-0.2, 0) is 4.79 Å². The van der Waals surface area contributed by atoms with E-state index in [1.165, 1.54) is 25.7 Å². The maximum absolute atomic E-state index is 13.3. The maximum atomic E-state index is 13.3. The van der Waals surface area contributed by atoms with E-state index in [-0.39, 0.29) is 23.8 Å². The van der Waals surface area contributed by atoms with Gasteiger partial charge in [0.05, 0.1) is 17.4 Å². The largest absolute Gasteiger partial charge is 0.348 e. The molecule has 0 bridgehead atoms. The van der Waals surface area contributed by atoms with E-state index in [2.05, 4.69) is 46.6 Å². The number of hydrogen-bond donors (Lipinski definition) is 3. The molecule has 3 aromatic rings. The predicted octanol–water partition coefficient (Wildman–Crippen LogP) is 6.48. The zero-order valence-electron chi connectivity index (χ0n) is 22.3. The van der Waals surface area contributed by atoms with Crippen molar-refractivity contribution in [1.29, 1.82) is 0 Å². The molecule has 5 rings (SSSR count). The van der Waals surface area contributed by atoms with Gasteiger partial charge in [0.15, 0.2) is 5.69 Å². The van der Waals surface area contributed by atoms with E-state index in [0.29, 0.717) is 16.8 Å². The second kappa shape index (κ2) is 10.6. The lowest BCUT2D eigenvalue weighted by molar-refractivity contribution is -0.117. The van der Waals surface area contributed by atoms with Crippen molar-refractivity contribution in [1.82, 2.24) is 20.5 Å². The highest BCUT2D eigenvalue weighted by atomic mass is 16.2. The van der Waals surface area contributed by atoms with Crippen molar-refractivity contribution in [3.8, 4) is 11.1 Å². The van der Waals surface area contributed by atoms with Crippen molar-refractivity contribution >= 4 is 28.4 Å². The molecule has 37 heavy (non-hydrogen) atoms. The fourth-order valence-electron chi connectivity index (χ4n) is 5.33. The average Bonchev–Trinajstić information content (AvgIpc) is 3.66. The molecule has 2 unspecified atom stereocenters. The first-order chi connectivity index (χ1) is 17.7. The minimum absolute atomic E-state index is 0.0576. The average molecular weight is 502 g/mol. The van der Waals surface area contributed by atoms with Gasteiger partial charge >= 0.3 is 0 Å². The summed E-state index contributed by atoms with van der Waals surface area (Å²) in [5.41, 5.74) is 4.12. The Morgan fingerprint density at radius 2 is 1.84 bits per heavy atom. The van der Waals surface area contributed by atoms with Crippen LogP contribution in [0.25, 0.3) is 22.0 Å². The molecular formula is C30H39N5O2. The van der Waals surface area contributed by atoms with Crippen LogP contribution in [0.1, 0.15) is 89.0 Å². The molecule has 196 valence electrons. The van der Waals surface area contributed by atoms with Gasteiger partial charge in [0, 0.05) is 29.1 Å². The van der Waals surface area contributed by atoms with Crippen LogP contribution in [0.5, 0.6) is 0 Å². The molecule has 0 spiro atoms. The van der Waals surface area contributed by atoms with Crippen LogP contribution < -0.4 is 10.6 Å². The maximum Gasteiger partial charge on any atom is 0.272 e. The summed E-state index contributed by atoms with van der Waals surface area (Å²) in [5, 5.41) is 14.4. The summed E-state index contributed by atoms with van der Waals surface area (Å²) in [6.07, 6.45) is 13.5. The van der Waals surface area contributed by atoms with Crippen LogP contribution >= 0.6 is 0 Å². The first kappa shape index (κ1) is 25.4. The highest BCUT2D eigenvalue weighted by Gasteiger charge is 2.29. The van der Waals surface area contributed by atoms with Gasteiger partial charge in [0.25, 0.3) is 5.91 Å². The van der Waals surface area contributed by atoms with Crippen LogP contribution in [-0.4, -0.2) is 33.0 Å². The van der Waals surface area contributed by atoms with Crippen LogP contribution in [0.2, 0.25) is 0 Å². The second-order valence-electron chi connectivity index (χ2n) is 12.2. The number of anilines is 1. The molecular weight excluding hydrogens is 462 g/mol. The SMILES string of the molecule is CC(C)(C)CCC1CCCC(NC(=O)c2n[nH]c3ccc(-c4cncc(NC(=O)C5CC5)c4)cc23)CC1. The first-order valence-electron chi connectivity index (χ1n) is 13.8. The standard InChI is InChI=1S/C30H39N5O2/c1-30(2,3)14-13-19-5-4-6-23(11-7-19)32-29(37)27-25-16-21(10-12-26(25)34-35-27)22-15-24(18-31-17-22)33-28(36)20-8-9-20/h10,12,15-20,23H,4-9,11,13-14H2,1-3H3,(H,32,37)(H,33,36)(H,34,35). The van der Waals surface area contributed by atoms with Crippen molar-refractivity contribution in [2.24, 2.45) is 17.3 Å². The van der Waals surface area contributed by atoms with E-state index in [9.17, 15) is 9.59 Å². The number of rotatable bonds is 7. The summed E-state index contributed by atoms with van der Waals surface area (Å²) in [4.78, 5) is 29.8. The highest BCUT2D eigenvalue weighted by Crippen LogP contribution is 2.33. The van der Waals surface area contributed by atoms with Crippen LogP contribution in [0.4, 0.5) is 5.69 Å². The van der Waals surface area contributed by atoms with E-state index in [1.807, 2.05) is 24.3 Å². The third-order valence-electron chi connectivity index (χ3n) is 7.79. The molecule has 2 atom stereocenters. The lowest BCUT2D eigenvalue weighted by Gasteiger charge is -2.22. The van der Waals surface area contributed by atoms with Gasteiger partial charge in [-0.05, 0) is 80.0 Å². The summed E-state index contributed by atoms with van der Waals surface area (Å²) in [7, 11) is 0. The summed E-state index contributed by atoms with van der Waals surface area (Å²) >= 11 is 0. The fraction of sp³-hybridized carbons (Fsp3) is 0.533. The van der Waals surface area contributed by atoms with Gasteiger partial charge in [-0.3, -0.25) is 19.7 Å². The Hall–Kier alpha value is -3.22. The molecule has 2 aromatic heterocycles. The molecule has 2 aliphatic rings. The number of hydrogen-bond acceptors (Lipinski definition) is 4. The quantitative estimate of drug-likeness (QED) is 0.323. The number of benzene rings is 1. The highest BCUT2D eigenvalue weighted by molar-refractivity contribution is 6.05. The van der Waals surface area contributed by atoms with Crippen LogP contribution in [0, 0.1) is 17.3 Å². The Balaban J connectivity index is 1.26. The fourth-order valence-corrected chi connectivity index (χ4v) is 5.33. The molecule has 2 heterocycles. The summed E-state index contributed by atoms with van der Waals surface area (Å²) in [5.74, 6) is 0.829. The molecule has 7 heteroatoms. The van der Waals surface area contributed by atoms with Crippen LogP contribution in [0.3, 0.4) is 0 Å². The molecule has 2 saturated carbocycles. The Bertz CT molecular complexity index is 1270. The third kappa shape index (κ3) is 6.56. The number of carbonyl (C=O) groups excluding carboxylic acids is 2. The number of H-pyrrole nitrogens is 1. The number of fused-ring (bicyclic) bond motifs is 1. The second-order valence-corrected chi connectivity index (χ2v) is 12.2. The van der Waals surface area contributed by atoms with E-state index in [0.717, 1.165) is 60.1 Å². The Morgan fingerprint density at radius 3 is 2.62 bits per heavy atom. The molecule has 2 fully saturated rings. The monoisotopic (exact) mass is 501 g/mol. The van der Waals surface area contributed by atoms with E-state index in [4.69, 9.17) is 0 Å².